The number of amides is 1. The van der Waals surface area contributed by atoms with E-state index in [0.717, 1.165) is 64.2 Å². The molecule has 9 nitrogen and oxygen atoms in total. The van der Waals surface area contributed by atoms with Crippen LogP contribution in [0.15, 0.2) is 36.5 Å². The molecule has 0 aromatic rings. The van der Waals surface area contributed by atoms with Crippen LogP contribution >= 0.6 is 0 Å². The zero-order valence-electron chi connectivity index (χ0n) is 31.6. The molecule has 0 bridgehead atoms. The summed E-state index contributed by atoms with van der Waals surface area (Å²) in [7, 11) is 0. The van der Waals surface area contributed by atoms with Crippen LogP contribution in [-0.2, 0) is 14.3 Å². The first-order valence-electron chi connectivity index (χ1n) is 20.2. The third-order valence-electron chi connectivity index (χ3n) is 9.46. The Morgan fingerprint density at radius 2 is 1.18 bits per heavy atom. The number of hydrogen-bond acceptors (Lipinski definition) is 8. The minimum absolute atomic E-state index is 0.194. The lowest BCUT2D eigenvalue weighted by molar-refractivity contribution is -0.302. The summed E-state index contributed by atoms with van der Waals surface area (Å²) in [6, 6.07) is -0.809. The van der Waals surface area contributed by atoms with Gasteiger partial charge in [-0.25, -0.2) is 0 Å². The first-order valence-corrected chi connectivity index (χ1v) is 20.2. The molecule has 0 radical (unpaired) electrons. The van der Waals surface area contributed by atoms with Crippen LogP contribution in [0.4, 0.5) is 0 Å². The van der Waals surface area contributed by atoms with Crippen LogP contribution in [0, 0.1) is 0 Å². The van der Waals surface area contributed by atoms with E-state index >= 15 is 0 Å². The van der Waals surface area contributed by atoms with Crippen molar-refractivity contribution < 1.29 is 39.8 Å². The van der Waals surface area contributed by atoms with Gasteiger partial charge in [0.25, 0.3) is 0 Å². The summed E-state index contributed by atoms with van der Waals surface area (Å²) >= 11 is 0. The number of rotatable bonds is 32. The van der Waals surface area contributed by atoms with E-state index in [1.54, 1.807) is 6.08 Å². The summed E-state index contributed by atoms with van der Waals surface area (Å²) in [5.41, 5.74) is 0. The Kier molecular flexibility index (Phi) is 29.8. The van der Waals surface area contributed by atoms with Gasteiger partial charge in [-0.2, -0.15) is 0 Å². The molecule has 1 rings (SSSR count). The van der Waals surface area contributed by atoms with Crippen molar-refractivity contribution in [3.8, 4) is 0 Å². The van der Waals surface area contributed by atoms with Gasteiger partial charge < -0.3 is 40.3 Å². The quantitative estimate of drug-likeness (QED) is 0.0314. The maximum absolute atomic E-state index is 12.9. The fraction of sp³-hybridized carbons (Fsp3) is 0.829. The molecule has 50 heavy (non-hydrogen) atoms. The summed E-state index contributed by atoms with van der Waals surface area (Å²) in [5.74, 6) is -0.194. The van der Waals surface area contributed by atoms with E-state index in [2.05, 4.69) is 43.5 Å². The standard InChI is InChI=1S/C41H75NO8/c1-3-5-7-9-11-13-15-17-18-19-21-23-25-27-29-31-37(45)42-34(33-49-41-40(48)39(47)38(46)36(32-43)50-41)35(44)30-28-26-24-22-20-16-14-12-10-8-6-4-2/h11,13,17-18,28,30,34-36,38-41,43-44,46-48H,3-10,12,14-16,19-27,29,31-33H2,1-2H3,(H,42,45)/b13-11+,18-17+,30-28+/t34-,35+,36-,38-,39?,40?,41-/m0/s1. The van der Waals surface area contributed by atoms with Gasteiger partial charge in [-0.15, -0.1) is 0 Å². The van der Waals surface area contributed by atoms with Gasteiger partial charge >= 0.3 is 0 Å². The summed E-state index contributed by atoms with van der Waals surface area (Å²) in [6.07, 6.45) is 30.3. The fourth-order valence-corrected chi connectivity index (χ4v) is 6.12. The molecule has 0 aromatic heterocycles. The third-order valence-corrected chi connectivity index (χ3v) is 9.46. The Morgan fingerprint density at radius 1 is 0.680 bits per heavy atom. The van der Waals surface area contributed by atoms with Crippen LogP contribution < -0.4 is 5.32 Å². The molecule has 9 heteroatoms. The normalized spacial score (nSPS) is 22.6. The topological polar surface area (TPSA) is 149 Å². The molecular formula is C41H75NO8. The molecule has 0 aromatic carbocycles. The number of unbranched alkanes of at least 4 members (excludes halogenated alkanes) is 18. The second-order valence-corrected chi connectivity index (χ2v) is 14.1. The first-order chi connectivity index (χ1) is 24.3. The Labute approximate surface area is 304 Å². The highest BCUT2D eigenvalue weighted by molar-refractivity contribution is 5.76. The van der Waals surface area contributed by atoms with E-state index in [4.69, 9.17) is 9.47 Å². The number of carbonyl (C=O) groups excluding carboxylic acids is 1. The van der Waals surface area contributed by atoms with Crippen molar-refractivity contribution in [3.63, 3.8) is 0 Å². The van der Waals surface area contributed by atoms with Crippen molar-refractivity contribution in [2.75, 3.05) is 13.2 Å². The van der Waals surface area contributed by atoms with Crippen molar-refractivity contribution >= 4 is 5.91 Å². The SMILES string of the molecule is CCCCC/C=C/C/C=C/CCCCCCCC(=O)N[C@@H](CO[C@H]1O[C@@H](CO)[C@H](O)C(O)C1O)[C@H](O)/C=C/CCCCCCCCCCCC. The highest BCUT2D eigenvalue weighted by Crippen LogP contribution is 2.22. The molecule has 1 saturated heterocycles. The van der Waals surface area contributed by atoms with Gasteiger partial charge in [0.05, 0.1) is 25.4 Å². The molecule has 2 unspecified atom stereocenters. The minimum Gasteiger partial charge on any atom is -0.394 e. The van der Waals surface area contributed by atoms with Gasteiger partial charge in [-0.3, -0.25) is 4.79 Å². The Bertz CT molecular complexity index is 879. The van der Waals surface area contributed by atoms with E-state index in [-0.39, 0.29) is 12.5 Å². The average molecular weight is 710 g/mol. The second kappa shape index (κ2) is 32.1. The number of ether oxygens (including phenoxy) is 2. The molecule has 1 heterocycles. The zero-order valence-corrected chi connectivity index (χ0v) is 31.6. The molecule has 1 fully saturated rings. The number of hydrogen-bond donors (Lipinski definition) is 6. The minimum atomic E-state index is -1.57. The lowest BCUT2D eigenvalue weighted by atomic mass is 9.99. The van der Waals surface area contributed by atoms with Crippen molar-refractivity contribution in [1.82, 2.24) is 5.32 Å². The smallest absolute Gasteiger partial charge is 0.220 e. The van der Waals surface area contributed by atoms with Crippen molar-refractivity contribution in [3.05, 3.63) is 36.5 Å². The summed E-state index contributed by atoms with van der Waals surface area (Å²) in [6.45, 7) is 3.70. The number of carbonyl (C=O) groups is 1. The average Bonchev–Trinajstić information content (AvgIpc) is 3.11. The number of allylic oxidation sites excluding steroid dienone is 5. The Morgan fingerprint density at radius 3 is 1.76 bits per heavy atom. The monoisotopic (exact) mass is 710 g/mol. The van der Waals surface area contributed by atoms with Crippen molar-refractivity contribution in [1.29, 1.82) is 0 Å². The molecule has 0 saturated carbocycles. The van der Waals surface area contributed by atoms with E-state index in [1.807, 2.05) is 6.08 Å². The van der Waals surface area contributed by atoms with Gasteiger partial charge in [0.15, 0.2) is 6.29 Å². The van der Waals surface area contributed by atoms with E-state index in [0.29, 0.717) is 6.42 Å². The third kappa shape index (κ3) is 23.1. The molecule has 7 atom stereocenters. The largest absolute Gasteiger partial charge is 0.394 e. The molecule has 1 amide bonds. The summed E-state index contributed by atoms with van der Waals surface area (Å²) in [4.78, 5) is 12.9. The Hall–Kier alpha value is -1.59. The van der Waals surface area contributed by atoms with Crippen LogP contribution in [0.5, 0.6) is 0 Å². The second-order valence-electron chi connectivity index (χ2n) is 14.1. The lowest BCUT2D eigenvalue weighted by Crippen LogP contribution is -2.60. The summed E-state index contributed by atoms with van der Waals surface area (Å²) < 4.78 is 11.2. The van der Waals surface area contributed by atoms with Crippen molar-refractivity contribution in [2.45, 2.75) is 204 Å². The molecule has 1 aliphatic heterocycles. The van der Waals surface area contributed by atoms with Crippen molar-refractivity contribution in [2.24, 2.45) is 0 Å². The van der Waals surface area contributed by atoms with Gasteiger partial charge in [-0.05, 0) is 51.4 Å². The van der Waals surface area contributed by atoms with E-state index in [1.165, 1.54) is 77.0 Å². The molecular weight excluding hydrogens is 634 g/mol. The van der Waals surface area contributed by atoms with Gasteiger partial charge in [0, 0.05) is 6.42 Å². The fourth-order valence-electron chi connectivity index (χ4n) is 6.12. The van der Waals surface area contributed by atoms with Gasteiger partial charge in [0.1, 0.15) is 24.4 Å². The van der Waals surface area contributed by atoms with Crippen LogP contribution in [0.2, 0.25) is 0 Å². The zero-order chi connectivity index (χ0) is 36.7. The predicted molar refractivity (Wildman–Crippen MR) is 203 cm³/mol. The van der Waals surface area contributed by atoms with Crippen LogP contribution in [0.3, 0.4) is 0 Å². The van der Waals surface area contributed by atoms with E-state index < -0.39 is 49.5 Å². The van der Waals surface area contributed by atoms with Gasteiger partial charge in [0.2, 0.25) is 5.91 Å². The molecule has 1 aliphatic rings. The highest BCUT2D eigenvalue weighted by atomic mass is 16.7. The van der Waals surface area contributed by atoms with Crippen LogP contribution in [0.25, 0.3) is 0 Å². The Balaban J connectivity index is 2.45. The molecule has 292 valence electrons. The first kappa shape index (κ1) is 46.4. The number of aliphatic hydroxyl groups is 5. The summed E-state index contributed by atoms with van der Waals surface area (Å²) in [5, 5.41) is 53.9. The van der Waals surface area contributed by atoms with Crippen LogP contribution in [0.1, 0.15) is 162 Å². The lowest BCUT2D eigenvalue weighted by Gasteiger charge is -2.40. The molecule has 6 N–H and O–H groups in total. The van der Waals surface area contributed by atoms with Gasteiger partial charge in [-0.1, -0.05) is 140 Å². The number of aliphatic hydroxyl groups excluding tert-OH is 5. The van der Waals surface area contributed by atoms with E-state index in [9.17, 15) is 30.3 Å². The highest BCUT2D eigenvalue weighted by Gasteiger charge is 2.44. The number of nitrogens with one attached hydrogen (secondary N) is 1. The maximum atomic E-state index is 12.9. The maximum Gasteiger partial charge on any atom is 0.220 e. The molecule has 0 spiro atoms. The molecule has 0 aliphatic carbocycles. The van der Waals surface area contributed by atoms with Crippen LogP contribution in [-0.4, -0.2) is 87.5 Å². The predicted octanol–water partition coefficient (Wildman–Crippen LogP) is 7.33.